The lowest BCUT2D eigenvalue weighted by atomic mass is 10.2. The summed E-state index contributed by atoms with van der Waals surface area (Å²) in [5.74, 6) is 0.692. The topological polar surface area (TPSA) is 63.9 Å². The SMILES string of the molecule is Cc1c(Cl)cccc1-n1c(SC(C)C(=O)N(C)C)nnc1-c1ccncc1. The maximum Gasteiger partial charge on any atom is 0.235 e. The Kier molecular flexibility index (Phi) is 5.82. The molecule has 8 heteroatoms. The number of carbonyl (C=O) groups is 1. The Hall–Kier alpha value is -2.38. The van der Waals surface area contributed by atoms with Crippen LogP contribution in [0.15, 0.2) is 47.9 Å². The predicted molar refractivity (Wildman–Crippen MR) is 108 cm³/mol. The van der Waals surface area contributed by atoms with Crippen LogP contribution >= 0.6 is 23.4 Å². The summed E-state index contributed by atoms with van der Waals surface area (Å²) in [6, 6.07) is 9.47. The van der Waals surface area contributed by atoms with Crippen LogP contribution in [-0.4, -0.2) is 49.9 Å². The molecule has 0 N–H and O–H groups in total. The van der Waals surface area contributed by atoms with E-state index in [0.717, 1.165) is 16.8 Å². The number of aromatic nitrogens is 4. The van der Waals surface area contributed by atoms with Crippen molar-refractivity contribution in [2.45, 2.75) is 24.3 Å². The Morgan fingerprint density at radius 1 is 1.19 bits per heavy atom. The van der Waals surface area contributed by atoms with E-state index in [4.69, 9.17) is 11.6 Å². The minimum atomic E-state index is -0.298. The first-order chi connectivity index (χ1) is 12.9. The van der Waals surface area contributed by atoms with Gasteiger partial charge in [0.1, 0.15) is 0 Å². The second-order valence-corrected chi connectivity index (χ2v) is 7.97. The monoisotopic (exact) mass is 401 g/mol. The Balaban J connectivity index is 2.14. The second-order valence-electron chi connectivity index (χ2n) is 6.25. The summed E-state index contributed by atoms with van der Waals surface area (Å²) in [6.07, 6.45) is 3.42. The molecule has 27 heavy (non-hydrogen) atoms. The van der Waals surface area contributed by atoms with E-state index in [1.54, 1.807) is 31.4 Å². The van der Waals surface area contributed by atoms with Crippen molar-refractivity contribution in [2.75, 3.05) is 14.1 Å². The molecule has 0 aliphatic heterocycles. The largest absolute Gasteiger partial charge is 0.348 e. The molecule has 1 unspecified atom stereocenters. The number of halogens is 1. The molecule has 0 aliphatic rings. The summed E-state index contributed by atoms with van der Waals surface area (Å²) in [7, 11) is 3.49. The first-order valence-corrected chi connectivity index (χ1v) is 9.65. The van der Waals surface area contributed by atoms with Crippen molar-refractivity contribution in [3.63, 3.8) is 0 Å². The van der Waals surface area contributed by atoms with Gasteiger partial charge in [0.05, 0.1) is 10.9 Å². The van der Waals surface area contributed by atoms with E-state index in [0.29, 0.717) is 16.0 Å². The van der Waals surface area contributed by atoms with Crippen LogP contribution in [0.25, 0.3) is 17.1 Å². The van der Waals surface area contributed by atoms with E-state index in [2.05, 4.69) is 15.2 Å². The number of pyridine rings is 1. The van der Waals surface area contributed by atoms with Crippen LogP contribution in [-0.2, 0) is 4.79 Å². The number of amides is 1. The zero-order chi connectivity index (χ0) is 19.6. The van der Waals surface area contributed by atoms with Gasteiger partial charge >= 0.3 is 0 Å². The standard InChI is InChI=1S/C19H20ClN5OS/c1-12-15(20)6-5-7-16(12)25-17(14-8-10-21-11-9-14)22-23-19(25)27-13(2)18(26)24(3)4/h5-11,13H,1-4H3. The lowest BCUT2D eigenvalue weighted by molar-refractivity contribution is -0.127. The quantitative estimate of drug-likeness (QED) is 0.607. The minimum absolute atomic E-state index is 0.0165. The van der Waals surface area contributed by atoms with Crippen LogP contribution < -0.4 is 0 Å². The fourth-order valence-corrected chi connectivity index (χ4v) is 3.84. The first-order valence-electron chi connectivity index (χ1n) is 8.39. The molecule has 3 aromatic rings. The first kappa shape index (κ1) is 19.4. The molecule has 0 spiro atoms. The number of rotatable bonds is 5. The molecule has 0 bridgehead atoms. The van der Waals surface area contributed by atoms with Gasteiger partial charge in [-0.15, -0.1) is 10.2 Å². The summed E-state index contributed by atoms with van der Waals surface area (Å²) in [5, 5.41) is 9.75. The third kappa shape index (κ3) is 3.99. The van der Waals surface area contributed by atoms with E-state index >= 15 is 0 Å². The molecule has 0 saturated heterocycles. The fraction of sp³-hybridized carbons (Fsp3) is 0.263. The third-order valence-electron chi connectivity index (χ3n) is 4.12. The molecular formula is C19H20ClN5OS. The smallest absolute Gasteiger partial charge is 0.235 e. The van der Waals surface area contributed by atoms with Crippen molar-refractivity contribution >= 4 is 29.3 Å². The van der Waals surface area contributed by atoms with E-state index in [9.17, 15) is 4.79 Å². The number of thioether (sulfide) groups is 1. The van der Waals surface area contributed by atoms with Crippen LogP contribution in [0.3, 0.4) is 0 Å². The van der Waals surface area contributed by atoms with Crippen molar-refractivity contribution in [3.05, 3.63) is 53.3 Å². The zero-order valence-corrected chi connectivity index (χ0v) is 17.1. The molecule has 2 aromatic heterocycles. The van der Waals surface area contributed by atoms with Gasteiger partial charge < -0.3 is 4.90 Å². The summed E-state index contributed by atoms with van der Waals surface area (Å²) >= 11 is 7.72. The van der Waals surface area contributed by atoms with Crippen molar-refractivity contribution in [1.82, 2.24) is 24.6 Å². The van der Waals surface area contributed by atoms with Crippen molar-refractivity contribution in [1.29, 1.82) is 0 Å². The highest BCUT2D eigenvalue weighted by Gasteiger charge is 2.23. The normalized spacial score (nSPS) is 12.0. The molecule has 0 radical (unpaired) electrons. The Bertz CT molecular complexity index is 958. The molecule has 3 rings (SSSR count). The maximum atomic E-state index is 12.3. The van der Waals surface area contributed by atoms with Gasteiger partial charge in [0.2, 0.25) is 5.91 Å². The van der Waals surface area contributed by atoms with E-state index in [1.807, 2.05) is 48.7 Å². The van der Waals surface area contributed by atoms with Gasteiger partial charge in [-0.1, -0.05) is 29.4 Å². The van der Waals surface area contributed by atoms with E-state index < -0.39 is 0 Å². The fourth-order valence-electron chi connectivity index (χ4n) is 2.66. The van der Waals surface area contributed by atoms with Crippen molar-refractivity contribution in [2.24, 2.45) is 0 Å². The van der Waals surface area contributed by atoms with E-state index in [-0.39, 0.29) is 11.2 Å². The Labute approximate surface area is 167 Å². The highest BCUT2D eigenvalue weighted by Crippen LogP contribution is 2.33. The van der Waals surface area contributed by atoms with Gasteiger partial charge in [0.25, 0.3) is 0 Å². The van der Waals surface area contributed by atoms with Gasteiger partial charge in [-0.3, -0.25) is 14.3 Å². The maximum absolute atomic E-state index is 12.3. The number of hydrogen-bond acceptors (Lipinski definition) is 5. The molecular weight excluding hydrogens is 382 g/mol. The molecule has 0 aliphatic carbocycles. The lowest BCUT2D eigenvalue weighted by Gasteiger charge is -2.18. The molecule has 1 aromatic carbocycles. The van der Waals surface area contributed by atoms with Crippen LogP contribution in [0.2, 0.25) is 5.02 Å². The summed E-state index contributed by atoms with van der Waals surface area (Å²) in [6.45, 7) is 3.82. The molecule has 6 nitrogen and oxygen atoms in total. The van der Waals surface area contributed by atoms with Crippen LogP contribution in [0, 0.1) is 6.92 Å². The number of nitrogens with zero attached hydrogens (tertiary/aromatic N) is 5. The molecule has 2 heterocycles. The number of benzene rings is 1. The molecule has 140 valence electrons. The predicted octanol–water partition coefficient (Wildman–Crippen LogP) is 3.86. The van der Waals surface area contributed by atoms with Crippen LogP contribution in [0.4, 0.5) is 0 Å². The van der Waals surface area contributed by atoms with Crippen molar-refractivity contribution in [3.8, 4) is 17.1 Å². The van der Waals surface area contributed by atoms with Crippen LogP contribution in [0.5, 0.6) is 0 Å². The summed E-state index contributed by atoms with van der Waals surface area (Å²) in [4.78, 5) is 18.0. The van der Waals surface area contributed by atoms with Crippen LogP contribution in [0.1, 0.15) is 12.5 Å². The molecule has 1 amide bonds. The van der Waals surface area contributed by atoms with Crippen molar-refractivity contribution < 1.29 is 4.79 Å². The van der Waals surface area contributed by atoms with Gasteiger partial charge in [0.15, 0.2) is 11.0 Å². The minimum Gasteiger partial charge on any atom is -0.348 e. The van der Waals surface area contributed by atoms with Gasteiger partial charge in [0, 0.05) is 37.1 Å². The van der Waals surface area contributed by atoms with Gasteiger partial charge in [-0.2, -0.15) is 0 Å². The summed E-state index contributed by atoms with van der Waals surface area (Å²) < 4.78 is 1.95. The average Bonchev–Trinajstić information content (AvgIpc) is 3.07. The summed E-state index contributed by atoms with van der Waals surface area (Å²) in [5.41, 5.74) is 2.68. The van der Waals surface area contributed by atoms with Gasteiger partial charge in [-0.05, 0) is 43.7 Å². The van der Waals surface area contributed by atoms with Gasteiger partial charge in [-0.25, -0.2) is 0 Å². The molecule has 0 fully saturated rings. The lowest BCUT2D eigenvalue weighted by Crippen LogP contribution is -2.29. The Morgan fingerprint density at radius 3 is 2.56 bits per heavy atom. The number of carbonyl (C=O) groups excluding carboxylic acids is 1. The number of hydrogen-bond donors (Lipinski definition) is 0. The molecule has 0 saturated carbocycles. The highest BCUT2D eigenvalue weighted by atomic mass is 35.5. The second kappa shape index (κ2) is 8.10. The Morgan fingerprint density at radius 2 is 1.89 bits per heavy atom. The van der Waals surface area contributed by atoms with E-state index in [1.165, 1.54) is 11.8 Å². The zero-order valence-electron chi connectivity index (χ0n) is 15.5. The average molecular weight is 402 g/mol. The third-order valence-corrected chi connectivity index (χ3v) is 5.56. The molecule has 1 atom stereocenters. The highest BCUT2D eigenvalue weighted by molar-refractivity contribution is 8.00.